The molecule has 2 aromatic carbocycles. The first-order valence-corrected chi connectivity index (χ1v) is 10.3. The summed E-state index contributed by atoms with van der Waals surface area (Å²) in [6, 6.07) is 18.0. The van der Waals surface area contributed by atoms with Gasteiger partial charge < -0.3 is 4.74 Å². The molecule has 0 aliphatic rings. The molecule has 1 heteroatoms. The quantitative estimate of drug-likeness (QED) is 0.480. The zero-order chi connectivity index (χ0) is 20.2. The van der Waals surface area contributed by atoms with Gasteiger partial charge in [0.2, 0.25) is 0 Å². The topological polar surface area (TPSA) is 9.23 Å². The summed E-state index contributed by atoms with van der Waals surface area (Å²) in [7, 11) is 0. The van der Waals surface area contributed by atoms with Gasteiger partial charge in [-0.1, -0.05) is 104 Å². The van der Waals surface area contributed by atoms with Crippen molar-refractivity contribution < 1.29 is 4.74 Å². The van der Waals surface area contributed by atoms with Crippen LogP contribution >= 0.6 is 0 Å². The number of ether oxygens (including phenoxy) is 1. The van der Waals surface area contributed by atoms with Crippen LogP contribution in [0.3, 0.4) is 0 Å². The molecule has 0 aromatic heterocycles. The normalized spacial score (nSPS) is 12.8. The van der Waals surface area contributed by atoms with Gasteiger partial charge >= 0.3 is 0 Å². The Morgan fingerprint density at radius 2 is 0.889 bits per heavy atom. The van der Waals surface area contributed by atoms with Crippen LogP contribution in [-0.4, -0.2) is 13.2 Å². The molecule has 0 atom stereocenters. The fraction of sp³-hybridized carbons (Fsp3) is 0.538. The minimum atomic E-state index is 0.00703. The molecule has 0 spiro atoms. The van der Waals surface area contributed by atoms with E-state index in [0.717, 1.165) is 13.2 Å². The number of hydrogen-bond acceptors (Lipinski definition) is 1. The first-order chi connectivity index (χ1) is 12.5. The standard InChI is InChI=1S/C26H38O/c1-19(2)21-9-13-23(14-10-21)25(5,6)17-27-18-26(7,8)24-15-11-22(12-16-24)20(3)4/h9-16,19-20H,17-18H2,1-8H3. The molecule has 2 aromatic rings. The Kier molecular flexibility index (Phi) is 6.92. The van der Waals surface area contributed by atoms with Crippen molar-refractivity contribution in [1.29, 1.82) is 0 Å². The molecule has 0 fully saturated rings. The molecule has 0 bridgehead atoms. The van der Waals surface area contributed by atoms with Gasteiger partial charge in [-0.2, -0.15) is 0 Å². The van der Waals surface area contributed by atoms with E-state index in [1.54, 1.807) is 0 Å². The molecule has 0 amide bonds. The van der Waals surface area contributed by atoms with Crippen LogP contribution in [0, 0.1) is 0 Å². The van der Waals surface area contributed by atoms with Gasteiger partial charge in [0.25, 0.3) is 0 Å². The van der Waals surface area contributed by atoms with Crippen molar-refractivity contribution in [1.82, 2.24) is 0 Å². The predicted octanol–water partition coefficient (Wildman–Crippen LogP) is 7.21. The Labute approximate surface area is 167 Å². The van der Waals surface area contributed by atoms with Crippen molar-refractivity contribution >= 4 is 0 Å². The predicted molar refractivity (Wildman–Crippen MR) is 118 cm³/mol. The van der Waals surface area contributed by atoms with Gasteiger partial charge in [-0.05, 0) is 34.1 Å². The summed E-state index contributed by atoms with van der Waals surface area (Å²) in [6.45, 7) is 19.5. The van der Waals surface area contributed by atoms with Gasteiger partial charge in [0, 0.05) is 10.8 Å². The first-order valence-electron chi connectivity index (χ1n) is 10.3. The fourth-order valence-corrected chi connectivity index (χ4v) is 3.37. The molecule has 27 heavy (non-hydrogen) atoms. The van der Waals surface area contributed by atoms with Crippen LogP contribution in [-0.2, 0) is 15.6 Å². The van der Waals surface area contributed by atoms with E-state index < -0.39 is 0 Å². The number of rotatable bonds is 8. The van der Waals surface area contributed by atoms with Gasteiger partial charge in [0.1, 0.15) is 0 Å². The van der Waals surface area contributed by atoms with Crippen LogP contribution in [0.2, 0.25) is 0 Å². The van der Waals surface area contributed by atoms with Gasteiger partial charge in [-0.15, -0.1) is 0 Å². The maximum absolute atomic E-state index is 6.23. The zero-order valence-electron chi connectivity index (χ0n) is 18.6. The molecule has 0 saturated carbocycles. The fourth-order valence-electron chi connectivity index (χ4n) is 3.37. The summed E-state index contributed by atoms with van der Waals surface area (Å²) >= 11 is 0. The highest BCUT2D eigenvalue weighted by Crippen LogP contribution is 2.29. The molecule has 0 saturated heterocycles. The van der Waals surface area contributed by atoms with Gasteiger partial charge in [0.05, 0.1) is 13.2 Å². The maximum Gasteiger partial charge on any atom is 0.0558 e. The van der Waals surface area contributed by atoms with Crippen molar-refractivity contribution in [3.63, 3.8) is 0 Å². The highest BCUT2D eigenvalue weighted by atomic mass is 16.5. The summed E-state index contributed by atoms with van der Waals surface area (Å²) in [5.74, 6) is 1.14. The SMILES string of the molecule is CC(C)c1ccc(C(C)(C)COCC(C)(C)c2ccc(C(C)C)cc2)cc1. The van der Waals surface area contributed by atoms with E-state index in [2.05, 4.69) is 104 Å². The van der Waals surface area contributed by atoms with Crippen molar-refractivity contribution in [3.8, 4) is 0 Å². The maximum atomic E-state index is 6.23. The molecule has 1 nitrogen and oxygen atoms in total. The zero-order valence-corrected chi connectivity index (χ0v) is 18.6. The average Bonchev–Trinajstić information content (AvgIpc) is 2.61. The molecule has 0 aliphatic carbocycles. The van der Waals surface area contributed by atoms with Crippen molar-refractivity contribution in [3.05, 3.63) is 70.8 Å². The minimum absolute atomic E-state index is 0.00703. The Balaban J connectivity index is 1.98. The Hall–Kier alpha value is -1.60. The van der Waals surface area contributed by atoms with E-state index in [9.17, 15) is 0 Å². The lowest BCUT2D eigenvalue weighted by molar-refractivity contribution is 0.0633. The van der Waals surface area contributed by atoms with Crippen molar-refractivity contribution in [2.45, 2.75) is 78.1 Å². The van der Waals surface area contributed by atoms with Crippen LogP contribution in [0.1, 0.15) is 89.5 Å². The summed E-state index contributed by atoms with van der Waals surface area (Å²) in [6.07, 6.45) is 0. The molecule has 0 unspecified atom stereocenters. The molecular formula is C26H38O. The van der Waals surface area contributed by atoms with Crippen LogP contribution in [0.4, 0.5) is 0 Å². The third-order valence-corrected chi connectivity index (χ3v) is 5.64. The van der Waals surface area contributed by atoms with E-state index in [4.69, 9.17) is 4.74 Å². The largest absolute Gasteiger partial charge is 0.380 e. The second-order valence-corrected chi connectivity index (χ2v) is 9.81. The molecule has 2 rings (SSSR count). The molecule has 148 valence electrons. The van der Waals surface area contributed by atoms with Crippen molar-refractivity contribution in [2.75, 3.05) is 13.2 Å². The number of benzene rings is 2. The smallest absolute Gasteiger partial charge is 0.0558 e. The third-order valence-electron chi connectivity index (χ3n) is 5.64. The lowest BCUT2D eigenvalue weighted by Gasteiger charge is -2.30. The minimum Gasteiger partial charge on any atom is -0.380 e. The van der Waals surface area contributed by atoms with Gasteiger partial charge in [-0.25, -0.2) is 0 Å². The van der Waals surface area contributed by atoms with E-state index in [-0.39, 0.29) is 10.8 Å². The molecule has 0 N–H and O–H groups in total. The Morgan fingerprint density at radius 1 is 0.593 bits per heavy atom. The van der Waals surface area contributed by atoms with Crippen LogP contribution in [0.25, 0.3) is 0 Å². The van der Waals surface area contributed by atoms with Crippen LogP contribution < -0.4 is 0 Å². The highest BCUT2D eigenvalue weighted by molar-refractivity contribution is 5.31. The van der Waals surface area contributed by atoms with Gasteiger partial charge in [-0.3, -0.25) is 0 Å². The molecule has 0 radical (unpaired) electrons. The molecule has 0 aliphatic heterocycles. The van der Waals surface area contributed by atoms with E-state index in [1.807, 2.05) is 0 Å². The Bertz CT molecular complexity index is 639. The van der Waals surface area contributed by atoms with Crippen molar-refractivity contribution in [2.24, 2.45) is 0 Å². The third kappa shape index (κ3) is 5.69. The van der Waals surface area contributed by atoms with Crippen LogP contribution in [0.5, 0.6) is 0 Å². The van der Waals surface area contributed by atoms with E-state index in [0.29, 0.717) is 11.8 Å². The summed E-state index contributed by atoms with van der Waals surface area (Å²) < 4.78 is 6.23. The molecule has 0 heterocycles. The monoisotopic (exact) mass is 366 g/mol. The summed E-state index contributed by atoms with van der Waals surface area (Å²) in [5.41, 5.74) is 5.47. The lowest BCUT2D eigenvalue weighted by Crippen LogP contribution is -2.30. The lowest BCUT2D eigenvalue weighted by atomic mass is 9.83. The second-order valence-electron chi connectivity index (χ2n) is 9.81. The average molecular weight is 367 g/mol. The summed E-state index contributed by atoms with van der Waals surface area (Å²) in [5, 5.41) is 0. The highest BCUT2D eigenvalue weighted by Gasteiger charge is 2.25. The van der Waals surface area contributed by atoms with E-state index >= 15 is 0 Å². The second kappa shape index (κ2) is 8.61. The number of hydrogen-bond donors (Lipinski definition) is 0. The summed E-state index contributed by atoms with van der Waals surface area (Å²) in [4.78, 5) is 0. The van der Waals surface area contributed by atoms with E-state index in [1.165, 1.54) is 22.3 Å². The van der Waals surface area contributed by atoms with Gasteiger partial charge in [0.15, 0.2) is 0 Å². The first kappa shape index (κ1) is 21.7. The molecular weight excluding hydrogens is 328 g/mol. The van der Waals surface area contributed by atoms with Crippen LogP contribution in [0.15, 0.2) is 48.5 Å². The Morgan fingerprint density at radius 3 is 1.15 bits per heavy atom.